The molecule has 3 rings (SSSR count). The zero-order valence-electron chi connectivity index (χ0n) is 20.6. The van der Waals surface area contributed by atoms with Crippen LogP contribution in [0, 0.1) is 0 Å². The largest absolute Gasteiger partial charge is 0.493 e. The normalized spacial score (nSPS) is 11.3. The first-order chi connectivity index (χ1) is 17.0. The maximum atomic E-state index is 12.9. The van der Waals surface area contributed by atoms with Crippen molar-refractivity contribution in [2.45, 2.75) is 32.8 Å². The molecule has 0 spiro atoms. The summed E-state index contributed by atoms with van der Waals surface area (Å²) in [5, 5.41) is 5.75. The number of hydrogen-bond donors (Lipinski definition) is 2. The Balaban J connectivity index is 1.60. The predicted octanol–water partition coefficient (Wildman–Crippen LogP) is 4.64. The molecule has 2 amide bonds. The molecule has 0 fully saturated rings. The van der Waals surface area contributed by atoms with Crippen LogP contribution in [0.1, 0.15) is 35.3 Å². The molecule has 35 heavy (non-hydrogen) atoms. The fourth-order valence-corrected chi connectivity index (χ4v) is 3.63. The van der Waals surface area contributed by atoms with Crippen LogP contribution < -0.4 is 24.8 Å². The van der Waals surface area contributed by atoms with E-state index < -0.39 is 6.10 Å². The Bertz CT molecular complexity index is 1160. The number of amides is 2. The average molecular weight is 477 g/mol. The molecule has 184 valence electrons. The number of methoxy groups -OCH3 is 2. The van der Waals surface area contributed by atoms with E-state index in [0.717, 1.165) is 17.5 Å². The predicted molar refractivity (Wildman–Crippen MR) is 137 cm³/mol. The Morgan fingerprint density at radius 2 is 1.60 bits per heavy atom. The molecule has 0 saturated carbocycles. The number of nitrogens with one attached hydrogen (secondary N) is 2. The summed E-state index contributed by atoms with van der Waals surface area (Å²) in [5.41, 5.74) is 2.85. The van der Waals surface area contributed by atoms with Gasteiger partial charge in [-0.15, -0.1) is 0 Å². The van der Waals surface area contributed by atoms with Crippen LogP contribution >= 0.6 is 0 Å². The van der Waals surface area contributed by atoms with Crippen LogP contribution in [-0.2, 0) is 17.6 Å². The van der Waals surface area contributed by atoms with Crippen molar-refractivity contribution < 1.29 is 23.8 Å². The molecule has 0 aliphatic heterocycles. The van der Waals surface area contributed by atoms with Gasteiger partial charge in [0.2, 0.25) is 0 Å². The van der Waals surface area contributed by atoms with Crippen LogP contribution in [-0.4, -0.2) is 38.7 Å². The standard InChI is InChI=1S/C28H32N2O5/c1-5-21-10-6-9-13-24(21)35-19(2)27(31)30-23-12-8-7-11-22(23)28(32)29-17-16-20-14-15-25(33-3)26(18-20)34-4/h6-15,18-19H,5,16-17H2,1-4H3,(H,29,32)(H,30,31). The van der Waals surface area contributed by atoms with Gasteiger partial charge in [-0.2, -0.15) is 0 Å². The fraction of sp³-hybridized carbons (Fsp3) is 0.286. The zero-order chi connectivity index (χ0) is 25.2. The zero-order valence-corrected chi connectivity index (χ0v) is 20.6. The van der Waals surface area contributed by atoms with Crippen molar-refractivity contribution in [2.24, 2.45) is 0 Å². The first-order valence-corrected chi connectivity index (χ1v) is 11.6. The lowest BCUT2D eigenvalue weighted by molar-refractivity contribution is -0.122. The topological polar surface area (TPSA) is 85.9 Å². The molecule has 0 aliphatic rings. The van der Waals surface area contributed by atoms with Crippen molar-refractivity contribution in [1.82, 2.24) is 5.32 Å². The van der Waals surface area contributed by atoms with E-state index in [1.165, 1.54) is 0 Å². The number of rotatable bonds is 11. The van der Waals surface area contributed by atoms with Gasteiger partial charge in [-0.1, -0.05) is 43.3 Å². The second kappa shape index (κ2) is 12.5. The molecule has 2 N–H and O–H groups in total. The number of anilines is 1. The van der Waals surface area contributed by atoms with Gasteiger partial charge in [-0.3, -0.25) is 9.59 Å². The summed E-state index contributed by atoms with van der Waals surface area (Å²) in [5.74, 6) is 1.37. The Labute approximate surface area is 206 Å². The van der Waals surface area contributed by atoms with Gasteiger partial charge in [0.05, 0.1) is 25.5 Å². The Morgan fingerprint density at radius 3 is 2.34 bits per heavy atom. The van der Waals surface area contributed by atoms with Gasteiger partial charge in [0.25, 0.3) is 11.8 Å². The SMILES string of the molecule is CCc1ccccc1OC(C)C(=O)Nc1ccccc1C(=O)NCCc1ccc(OC)c(OC)c1. The van der Waals surface area contributed by atoms with Gasteiger partial charge in [-0.05, 0) is 61.2 Å². The third kappa shape index (κ3) is 6.76. The highest BCUT2D eigenvalue weighted by atomic mass is 16.5. The molecule has 0 radical (unpaired) electrons. The van der Waals surface area contributed by atoms with Crippen molar-refractivity contribution in [1.29, 1.82) is 0 Å². The third-order valence-electron chi connectivity index (χ3n) is 5.60. The van der Waals surface area contributed by atoms with Gasteiger partial charge in [0.1, 0.15) is 5.75 Å². The molecule has 0 heterocycles. The molecule has 0 aliphatic carbocycles. The van der Waals surface area contributed by atoms with Gasteiger partial charge in [0.15, 0.2) is 17.6 Å². The molecule has 0 aromatic heterocycles. The van der Waals surface area contributed by atoms with Gasteiger partial charge in [0, 0.05) is 6.54 Å². The van der Waals surface area contributed by atoms with Crippen LogP contribution in [0.3, 0.4) is 0 Å². The number of hydrogen-bond acceptors (Lipinski definition) is 5. The summed E-state index contributed by atoms with van der Waals surface area (Å²) in [6.45, 7) is 4.14. The summed E-state index contributed by atoms with van der Waals surface area (Å²) in [6, 6.07) is 20.2. The highest BCUT2D eigenvalue weighted by Gasteiger charge is 2.19. The van der Waals surface area contributed by atoms with E-state index >= 15 is 0 Å². The molecule has 7 nitrogen and oxygen atoms in total. The number of para-hydroxylation sites is 2. The second-order valence-electron chi connectivity index (χ2n) is 7.95. The first-order valence-electron chi connectivity index (χ1n) is 11.6. The minimum atomic E-state index is -0.733. The highest BCUT2D eigenvalue weighted by Crippen LogP contribution is 2.27. The molecule has 0 saturated heterocycles. The van der Waals surface area contributed by atoms with E-state index in [2.05, 4.69) is 10.6 Å². The van der Waals surface area contributed by atoms with E-state index in [9.17, 15) is 9.59 Å². The number of ether oxygens (including phenoxy) is 3. The molecule has 7 heteroatoms. The number of benzene rings is 3. The van der Waals surface area contributed by atoms with Crippen LogP contribution in [0.4, 0.5) is 5.69 Å². The summed E-state index contributed by atoms with van der Waals surface area (Å²) >= 11 is 0. The smallest absolute Gasteiger partial charge is 0.265 e. The molecule has 3 aromatic carbocycles. The van der Waals surface area contributed by atoms with E-state index in [4.69, 9.17) is 14.2 Å². The Hall–Kier alpha value is -4.00. The molecular formula is C28H32N2O5. The van der Waals surface area contributed by atoms with Crippen molar-refractivity contribution in [3.05, 3.63) is 83.4 Å². The molecular weight excluding hydrogens is 444 g/mol. The lowest BCUT2D eigenvalue weighted by atomic mass is 10.1. The van der Waals surface area contributed by atoms with Crippen LogP contribution in [0.2, 0.25) is 0 Å². The fourth-order valence-electron chi connectivity index (χ4n) is 3.63. The summed E-state index contributed by atoms with van der Waals surface area (Å²) < 4.78 is 16.5. The monoisotopic (exact) mass is 476 g/mol. The number of carbonyl (C=O) groups excluding carboxylic acids is 2. The van der Waals surface area contributed by atoms with E-state index in [1.807, 2.05) is 49.4 Å². The molecule has 0 bridgehead atoms. The van der Waals surface area contributed by atoms with Crippen molar-refractivity contribution >= 4 is 17.5 Å². The van der Waals surface area contributed by atoms with Crippen LogP contribution in [0.15, 0.2) is 66.7 Å². The highest BCUT2D eigenvalue weighted by molar-refractivity contribution is 6.04. The second-order valence-corrected chi connectivity index (χ2v) is 7.95. The van der Waals surface area contributed by atoms with Gasteiger partial charge in [-0.25, -0.2) is 0 Å². The quantitative estimate of drug-likeness (QED) is 0.421. The van der Waals surface area contributed by atoms with Crippen LogP contribution in [0.25, 0.3) is 0 Å². The lowest BCUT2D eigenvalue weighted by Crippen LogP contribution is -2.32. The average Bonchev–Trinajstić information content (AvgIpc) is 2.89. The van der Waals surface area contributed by atoms with Crippen LogP contribution in [0.5, 0.6) is 17.2 Å². The molecule has 3 aromatic rings. The Kier molecular flexibility index (Phi) is 9.12. The van der Waals surface area contributed by atoms with Crippen molar-refractivity contribution in [3.63, 3.8) is 0 Å². The lowest BCUT2D eigenvalue weighted by Gasteiger charge is -2.18. The molecule has 1 atom stereocenters. The first kappa shape index (κ1) is 25.6. The number of aryl methyl sites for hydroxylation is 1. The number of carbonyl (C=O) groups is 2. The van der Waals surface area contributed by atoms with Gasteiger partial charge < -0.3 is 24.8 Å². The molecule has 1 unspecified atom stereocenters. The third-order valence-corrected chi connectivity index (χ3v) is 5.60. The van der Waals surface area contributed by atoms with Gasteiger partial charge >= 0.3 is 0 Å². The van der Waals surface area contributed by atoms with E-state index in [-0.39, 0.29) is 11.8 Å². The minimum Gasteiger partial charge on any atom is -0.493 e. The summed E-state index contributed by atoms with van der Waals surface area (Å²) in [4.78, 5) is 25.7. The maximum Gasteiger partial charge on any atom is 0.265 e. The minimum absolute atomic E-state index is 0.272. The summed E-state index contributed by atoms with van der Waals surface area (Å²) in [6.07, 6.45) is 0.683. The van der Waals surface area contributed by atoms with E-state index in [0.29, 0.717) is 41.5 Å². The van der Waals surface area contributed by atoms with E-state index in [1.54, 1.807) is 45.4 Å². The Morgan fingerprint density at radius 1 is 0.886 bits per heavy atom. The summed E-state index contributed by atoms with van der Waals surface area (Å²) in [7, 11) is 3.17. The maximum absolute atomic E-state index is 12.9. The van der Waals surface area contributed by atoms with Crippen molar-refractivity contribution in [2.75, 3.05) is 26.1 Å². The van der Waals surface area contributed by atoms with Crippen molar-refractivity contribution in [3.8, 4) is 17.2 Å².